The lowest BCUT2D eigenvalue weighted by Crippen LogP contribution is -2.02. The first-order valence-electron chi connectivity index (χ1n) is 3.94. The zero-order chi connectivity index (χ0) is 8.55. The van der Waals surface area contributed by atoms with E-state index < -0.39 is 0 Å². The van der Waals surface area contributed by atoms with E-state index in [1.54, 1.807) is 0 Å². The number of rotatable bonds is 1. The van der Waals surface area contributed by atoms with Crippen molar-refractivity contribution >= 4 is 5.52 Å². The lowest BCUT2D eigenvalue weighted by molar-refractivity contribution is 0.900. The molecule has 0 bridgehead atoms. The molecule has 0 radical (unpaired) electrons. The molecule has 0 fully saturated rings. The van der Waals surface area contributed by atoms with Gasteiger partial charge in [0.15, 0.2) is 0 Å². The molecule has 3 heteroatoms. The van der Waals surface area contributed by atoms with Crippen LogP contribution in [0.2, 0.25) is 0 Å². The van der Waals surface area contributed by atoms with E-state index in [9.17, 15) is 0 Å². The summed E-state index contributed by atoms with van der Waals surface area (Å²) in [5.74, 6) is 0.911. The Bertz CT molecular complexity index is 403. The number of nitrogens with zero attached hydrogens (tertiary/aromatic N) is 2. The topological polar surface area (TPSA) is 43.3 Å². The number of imidazole rings is 1. The fourth-order valence-corrected chi connectivity index (χ4v) is 1.30. The minimum absolute atomic E-state index is 0.484. The highest BCUT2D eigenvalue weighted by molar-refractivity contribution is 5.46. The molecular weight excluding hydrogens is 150 g/mol. The van der Waals surface area contributed by atoms with Gasteiger partial charge in [-0.2, -0.15) is 0 Å². The summed E-state index contributed by atoms with van der Waals surface area (Å²) < 4.78 is 2.02. The smallest absolute Gasteiger partial charge is 0.127 e. The quantitative estimate of drug-likeness (QED) is 0.680. The summed E-state index contributed by atoms with van der Waals surface area (Å²) in [6.45, 7) is 2.54. The zero-order valence-corrected chi connectivity index (χ0v) is 6.99. The first kappa shape index (κ1) is 7.31. The summed E-state index contributed by atoms with van der Waals surface area (Å²) in [4.78, 5) is 4.19. The summed E-state index contributed by atoms with van der Waals surface area (Å²) >= 11 is 0. The molecule has 0 aliphatic carbocycles. The number of aromatic nitrogens is 2. The van der Waals surface area contributed by atoms with Crippen LogP contribution in [0.3, 0.4) is 0 Å². The summed E-state index contributed by atoms with van der Waals surface area (Å²) in [5, 5.41) is 0. The molecule has 0 unspecified atom stereocenters. The molecule has 0 saturated carbocycles. The molecule has 3 nitrogen and oxygen atoms in total. The zero-order valence-electron chi connectivity index (χ0n) is 6.99. The Labute approximate surface area is 70.8 Å². The fraction of sp³-hybridized carbons (Fsp3) is 0.222. The maximum absolute atomic E-state index is 5.53. The van der Waals surface area contributed by atoms with Crippen LogP contribution < -0.4 is 5.73 Å². The summed E-state index contributed by atoms with van der Waals surface area (Å²) in [6.07, 6.45) is 3.88. The first-order chi connectivity index (χ1) is 5.81. The van der Waals surface area contributed by atoms with Crippen molar-refractivity contribution in [3.8, 4) is 0 Å². The van der Waals surface area contributed by atoms with Gasteiger partial charge in [0.2, 0.25) is 0 Å². The Kier molecular flexibility index (Phi) is 1.59. The van der Waals surface area contributed by atoms with E-state index >= 15 is 0 Å². The van der Waals surface area contributed by atoms with Gasteiger partial charge in [-0.05, 0) is 18.6 Å². The molecule has 0 atom stereocenters. The van der Waals surface area contributed by atoms with Crippen LogP contribution in [0.15, 0.2) is 24.5 Å². The van der Waals surface area contributed by atoms with Crippen LogP contribution in [-0.4, -0.2) is 9.38 Å². The second-order valence-electron chi connectivity index (χ2n) is 2.88. The molecule has 0 amide bonds. The van der Waals surface area contributed by atoms with Crippen molar-refractivity contribution < 1.29 is 0 Å². The maximum Gasteiger partial charge on any atom is 0.127 e. The van der Waals surface area contributed by atoms with Crippen molar-refractivity contribution in [2.24, 2.45) is 5.73 Å². The van der Waals surface area contributed by atoms with Crippen LogP contribution in [0.5, 0.6) is 0 Å². The number of fused-ring (bicyclic) bond motifs is 1. The Morgan fingerprint density at radius 2 is 2.33 bits per heavy atom. The molecule has 0 aromatic carbocycles. The first-order valence-corrected chi connectivity index (χ1v) is 3.94. The predicted octanol–water partition coefficient (Wildman–Crippen LogP) is 1.10. The molecule has 0 aliphatic rings. The molecule has 2 aromatic heterocycles. The van der Waals surface area contributed by atoms with Gasteiger partial charge in [0.1, 0.15) is 5.82 Å². The second kappa shape index (κ2) is 2.60. The molecule has 2 N–H and O–H groups in total. The molecule has 62 valence electrons. The minimum Gasteiger partial charge on any atom is -0.324 e. The number of nitrogens with two attached hydrogens (primary N) is 1. The second-order valence-corrected chi connectivity index (χ2v) is 2.88. The number of hydrogen-bond acceptors (Lipinski definition) is 2. The Balaban J connectivity index is 2.75. The Morgan fingerprint density at radius 1 is 1.50 bits per heavy atom. The van der Waals surface area contributed by atoms with Crippen LogP contribution in [0.1, 0.15) is 11.4 Å². The lowest BCUT2D eigenvalue weighted by atomic mass is 10.3. The Hall–Kier alpha value is -1.35. The lowest BCUT2D eigenvalue weighted by Gasteiger charge is -1.98. The van der Waals surface area contributed by atoms with E-state index in [0.29, 0.717) is 6.54 Å². The Morgan fingerprint density at radius 3 is 3.08 bits per heavy atom. The van der Waals surface area contributed by atoms with Crippen molar-refractivity contribution in [1.82, 2.24) is 9.38 Å². The van der Waals surface area contributed by atoms with E-state index in [1.807, 2.05) is 22.9 Å². The van der Waals surface area contributed by atoms with Gasteiger partial charge in [-0.25, -0.2) is 4.98 Å². The van der Waals surface area contributed by atoms with E-state index in [2.05, 4.69) is 18.0 Å². The number of pyridine rings is 1. The molecule has 2 rings (SSSR count). The van der Waals surface area contributed by atoms with Crippen LogP contribution in [0.25, 0.3) is 5.52 Å². The molecule has 2 aromatic rings. The van der Waals surface area contributed by atoms with Gasteiger partial charge in [-0.1, -0.05) is 6.07 Å². The van der Waals surface area contributed by atoms with Gasteiger partial charge in [0, 0.05) is 6.20 Å². The van der Waals surface area contributed by atoms with Crippen molar-refractivity contribution in [3.05, 3.63) is 35.9 Å². The van der Waals surface area contributed by atoms with Gasteiger partial charge in [-0.15, -0.1) is 0 Å². The average Bonchev–Trinajstić information content (AvgIpc) is 2.46. The highest BCUT2D eigenvalue weighted by Gasteiger charge is 1.99. The molecule has 12 heavy (non-hydrogen) atoms. The van der Waals surface area contributed by atoms with Crippen molar-refractivity contribution in [2.75, 3.05) is 0 Å². The van der Waals surface area contributed by atoms with E-state index in [0.717, 1.165) is 11.3 Å². The molecule has 0 spiro atoms. The van der Waals surface area contributed by atoms with Crippen LogP contribution in [0, 0.1) is 6.92 Å². The SMILES string of the molecule is Cc1ccc2cnc(CN)n2c1. The van der Waals surface area contributed by atoms with Crippen LogP contribution >= 0.6 is 0 Å². The molecule has 2 heterocycles. The van der Waals surface area contributed by atoms with Crippen molar-refractivity contribution in [3.63, 3.8) is 0 Å². The third-order valence-corrected chi connectivity index (χ3v) is 1.93. The number of hydrogen-bond donors (Lipinski definition) is 1. The van der Waals surface area contributed by atoms with Crippen molar-refractivity contribution in [2.45, 2.75) is 13.5 Å². The van der Waals surface area contributed by atoms with Crippen LogP contribution in [-0.2, 0) is 6.54 Å². The minimum atomic E-state index is 0.484. The predicted molar refractivity (Wildman–Crippen MR) is 47.8 cm³/mol. The standard InChI is InChI=1S/C9H11N3/c1-7-2-3-8-5-11-9(4-10)12(8)6-7/h2-3,5-6H,4,10H2,1H3. The van der Waals surface area contributed by atoms with Gasteiger partial charge in [-0.3, -0.25) is 0 Å². The monoisotopic (exact) mass is 161 g/mol. The third kappa shape index (κ3) is 0.987. The van der Waals surface area contributed by atoms with Crippen LogP contribution in [0.4, 0.5) is 0 Å². The maximum atomic E-state index is 5.53. The van der Waals surface area contributed by atoms with E-state index in [1.165, 1.54) is 5.56 Å². The van der Waals surface area contributed by atoms with E-state index in [4.69, 9.17) is 5.73 Å². The molecular formula is C9H11N3. The van der Waals surface area contributed by atoms with E-state index in [-0.39, 0.29) is 0 Å². The normalized spacial score (nSPS) is 10.8. The number of aryl methyl sites for hydroxylation is 1. The summed E-state index contributed by atoms with van der Waals surface area (Å²) in [6, 6.07) is 4.11. The summed E-state index contributed by atoms with van der Waals surface area (Å²) in [5.41, 5.74) is 7.84. The highest BCUT2D eigenvalue weighted by Crippen LogP contribution is 2.07. The molecule has 0 aliphatic heterocycles. The largest absolute Gasteiger partial charge is 0.324 e. The average molecular weight is 161 g/mol. The summed E-state index contributed by atoms with van der Waals surface area (Å²) in [7, 11) is 0. The van der Waals surface area contributed by atoms with Gasteiger partial charge < -0.3 is 10.1 Å². The van der Waals surface area contributed by atoms with Gasteiger partial charge in [0.25, 0.3) is 0 Å². The molecule has 0 saturated heterocycles. The van der Waals surface area contributed by atoms with Crippen molar-refractivity contribution in [1.29, 1.82) is 0 Å². The van der Waals surface area contributed by atoms with Gasteiger partial charge >= 0.3 is 0 Å². The third-order valence-electron chi connectivity index (χ3n) is 1.93. The fourth-order valence-electron chi connectivity index (χ4n) is 1.30. The van der Waals surface area contributed by atoms with Gasteiger partial charge in [0.05, 0.1) is 18.3 Å². The highest BCUT2D eigenvalue weighted by atomic mass is 15.0.